The maximum Gasteiger partial charge on any atom is 0.128 e. The maximum atomic E-state index is 4.62. The predicted octanol–water partition coefficient (Wildman–Crippen LogP) is 4.05. The lowest BCUT2D eigenvalue weighted by Gasteiger charge is -2.14. The van der Waals surface area contributed by atoms with E-state index in [0.29, 0.717) is 0 Å². The summed E-state index contributed by atoms with van der Waals surface area (Å²) in [7, 11) is 0. The summed E-state index contributed by atoms with van der Waals surface area (Å²) in [5.74, 6) is 2.05. The fourth-order valence-corrected chi connectivity index (χ4v) is 4.67. The van der Waals surface area contributed by atoms with E-state index in [0.717, 1.165) is 50.7 Å². The number of nitrogens with zero attached hydrogens (tertiary/aromatic N) is 2. The third-order valence-electron chi connectivity index (χ3n) is 5.03. The van der Waals surface area contributed by atoms with E-state index >= 15 is 0 Å². The van der Waals surface area contributed by atoms with Gasteiger partial charge >= 0.3 is 0 Å². The number of benzene rings is 2. The smallest absolute Gasteiger partial charge is 0.128 e. The molecule has 0 saturated heterocycles. The number of hydrogen-bond acceptors (Lipinski definition) is 5. The Balaban J connectivity index is 1.44. The third-order valence-corrected chi connectivity index (χ3v) is 6.18. The average Bonchev–Trinajstić information content (AvgIpc) is 3.18. The zero-order valence-corrected chi connectivity index (χ0v) is 16.0. The summed E-state index contributed by atoms with van der Waals surface area (Å²) in [6.07, 6.45) is 2.24. The fraction of sp³-hybridized carbons (Fsp3) is 0.273. The number of rotatable bonds is 3. The highest BCUT2D eigenvalue weighted by molar-refractivity contribution is 7.22. The number of thiophene rings is 1. The van der Waals surface area contributed by atoms with Crippen molar-refractivity contribution < 1.29 is 0 Å². The largest absolute Gasteiger partial charge is 0.370 e. The molecule has 0 unspecified atom stereocenters. The van der Waals surface area contributed by atoms with Crippen molar-refractivity contribution in [3.8, 4) is 10.4 Å². The summed E-state index contributed by atoms with van der Waals surface area (Å²) in [5.41, 5.74) is 3.61. The average molecular weight is 375 g/mol. The molecule has 27 heavy (non-hydrogen) atoms. The van der Waals surface area contributed by atoms with Gasteiger partial charge in [0.15, 0.2) is 0 Å². The molecular formula is C22H22N4S. The Morgan fingerprint density at radius 2 is 1.33 bits per heavy atom. The monoisotopic (exact) mass is 374 g/mol. The quantitative estimate of drug-likeness (QED) is 0.727. The van der Waals surface area contributed by atoms with E-state index in [2.05, 4.69) is 69.1 Å². The van der Waals surface area contributed by atoms with Crippen LogP contribution in [0.1, 0.15) is 24.0 Å². The van der Waals surface area contributed by atoms with Crippen LogP contribution in [0.2, 0.25) is 0 Å². The van der Waals surface area contributed by atoms with Gasteiger partial charge in [0.2, 0.25) is 0 Å². The van der Waals surface area contributed by atoms with Crippen LogP contribution in [0.3, 0.4) is 0 Å². The van der Waals surface area contributed by atoms with Gasteiger partial charge in [-0.2, -0.15) is 0 Å². The van der Waals surface area contributed by atoms with Gasteiger partial charge in [-0.15, -0.1) is 11.3 Å². The third kappa shape index (κ3) is 3.35. The Labute approximate surface area is 163 Å². The number of aliphatic imine (C=N–C) groups is 2. The highest BCUT2D eigenvalue weighted by Crippen LogP contribution is 2.34. The number of nitrogens with one attached hydrogen (secondary N) is 2. The molecule has 0 fully saturated rings. The normalized spacial score (nSPS) is 17.0. The van der Waals surface area contributed by atoms with Gasteiger partial charge in [-0.1, -0.05) is 36.4 Å². The first-order chi connectivity index (χ1) is 13.4. The first-order valence-corrected chi connectivity index (χ1v) is 10.4. The van der Waals surface area contributed by atoms with E-state index in [-0.39, 0.29) is 0 Å². The molecule has 2 aliphatic heterocycles. The molecule has 1 aromatic heterocycles. The summed E-state index contributed by atoms with van der Waals surface area (Å²) in [6, 6.07) is 17.7. The molecule has 0 amide bonds. The Kier molecular flexibility index (Phi) is 4.38. The van der Waals surface area contributed by atoms with E-state index in [4.69, 9.17) is 0 Å². The van der Waals surface area contributed by atoms with Crippen LogP contribution in [0.25, 0.3) is 20.5 Å². The minimum atomic E-state index is 0.919. The van der Waals surface area contributed by atoms with Crippen LogP contribution < -0.4 is 10.6 Å². The van der Waals surface area contributed by atoms with Crippen LogP contribution in [-0.2, 0) is 0 Å². The second kappa shape index (κ2) is 7.16. The van der Waals surface area contributed by atoms with Gasteiger partial charge in [0.1, 0.15) is 11.7 Å². The minimum Gasteiger partial charge on any atom is -0.370 e. The summed E-state index contributed by atoms with van der Waals surface area (Å²) in [5, 5.41) is 8.09. The number of fused-ring (bicyclic) bond motifs is 1. The Bertz CT molecular complexity index is 1030. The standard InChI is InChI=1S/C22H22N4S/c1-9-23-21(24-10-1)16-5-3-15(4-6-16)19-13-17-7-8-18(14-20(17)27-19)22-25-11-2-12-26-22/h3-8,13-14H,1-2,9-12H2,(H,23,24)(H,25,26). The van der Waals surface area contributed by atoms with E-state index < -0.39 is 0 Å². The van der Waals surface area contributed by atoms with Gasteiger partial charge < -0.3 is 10.6 Å². The maximum absolute atomic E-state index is 4.62. The molecule has 136 valence electrons. The Morgan fingerprint density at radius 3 is 2.00 bits per heavy atom. The first-order valence-electron chi connectivity index (χ1n) is 9.58. The molecule has 0 spiro atoms. The topological polar surface area (TPSA) is 48.8 Å². The molecule has 2 aromatic carbocycles. The van der Waals surface area contributed by atoms with E-state index in [9.17, 15) is 0 Å². The molecular weight excluding hydrogens is 352 g/mol. The molecule has 2 aliphatic rings. The second-order valence-corrected chi connectivity index (χ2v) is 8.05. The lowest BCUT2D eigenvalue weighted by molar-refractivity contribution is 0.742. The van der Waals surface area contributed by atoms with Crippen molar-refractivity contribution in [3.63, 3.8) is 0 Å². The molecule has 2 N–H and O–H groups in total. The zero-order chi connectivity index (χ0) is 18.1. The van der Waals surface area contributed by atoms with Crippen molar-refractivity contribution in [1.29, 1.82) is 0 Å². The van der Waals surface area contributed by atoms with Crippen molar-refractivity contribution in [3.05, 3.63) is 59.7 Å². The van der Waals surface area contributed by atoms with Gasteiger partial charge in [0.05, 0.1) is 0 Å². The number of hydrogen-bond donors (Lipinski definition) is 2. The lowest BCUT2D eigenvalue weighted by Crippen LogP contribution is -2.30. The summed E-state index contributed by atoms with van der Waals surface area (Å²) >= 11 is 1.84. The molecule has 0 atom stereocenters. The van der Waals surface area contributed by atoms with Crippen LogP contribution in [0, 0.1) is 0 Å². The molecule has 5 heteroatoms. The van der Waals surface area contributed by atoms with Gasteiger partial charge in [-0.3, -0.25) is 9.98 Å². The molecule has 0 bridgehead atoms. The minimum absolute atomic E-state index is 0.919. The van der Waals surface area contributed by atoms with Crippen molar-refractivity contribution in [2.45, 2.75) is 12.8 Å². The predicted molar refractivity (Wildman–Crippen MR) is 115 cm³/mol. The van der Waals surface area contributed by atoms with Crippen molar-refractivity contribution in [1.82, 2.24) is 10.6 Å². The van der Waals surface area contributed by atoms with Crippen LogP contribution in [-0.4, -0.2) is 37.9 Å². The van der Waals surface area contributed by atoms with Crippen LogP contribution in [0.4, 0.5) is 0 Å². The van der Waals surface area contributed by atoms with Crippen LogP contribution in [0.5, 0.6) is 0 Å². The molecule has 0 saturated carbocycles. The molecule has 4 nitrogen and oxygen atoms in total. The van der Waals surface area contributed by atoms with Gasteiger partial charge in [0.25, 0.3) is 0 Å². The van der Waals surface area contributed by atoms with Crippen LogP contribution >= 0.6 is 11.3 Å². The first kappa shape index (κ1) is 16.5. The summed E-state index contributed by atoms with van der Waals surface area (Å²) < 4.78 is 1.31. The SMILES string of the molecule is c1cc(-c2cc3ccc(C4=NCCCN4)cc3s2)ccc1C1=NCCCN1. The molecule has 3 heterocycles. The summed E-state index contributed by atoms with van der Waals surface area (Å²) in [6.45, 7) is 3.86. The Hall–Kier alpha value is -2.66. The second-order valence-electron chi connectivity index (χ2n) is 6.96. The highest BCUT2D eigenvalue weighted by atomic mass is 32.1. The van der Waals surface area contributed by atoms with Crippen molar-refractivity contribution in [2.24, 2.45) is 9.98 Å². The molecule has 3 aromatic rings. The van der Waals surface area contributed by atoms with E-state index in [1.807, 2.05) is 11.3 Å². The van der Waals surface area contributed by atoms with Crippen LogP contribution in [0.15, 0.2) is 58.5 Å². The highest BCUT2D eigenvalue weighted by Gasteiger charge is 2.11. The molecule has 5 rings (SSSR count). The van der Waals surface area contributed by atoms with E-state index in [1.54, 1.807) is 0 Å². The molecule has 0 aliphatic carbocycles. The van der Waals surface area contributed by atoms with Gasteiger partial charge in [0, 0.05) is 46.9 Å². The van der Waals surface area contributed by atoms with Gasteiger partial charge in [-0.05, 0) is 35.9 Å². The fourth-order valence-electron chi connectivity index (χ4n) is 3.56. The lowest BCUT2D eigenvalue weighted by atomic mass is 10.1. The van der Waals surface area contributed by atoms with Crippen molar-refractivity contribution >= 4 is 33.1 Å². The summed E-state index contributed by atoms with van der Waals surface area (Å²) in [4.78, 5) is 10.5. The van der Waals surface area contributed by atoms with E-state index in [1.165, 1.54) is 31.7 Å². The Morgan fingerprint density at radius 1 is 0.704 bits per heavy atom. The van der Waals surface area contributed by atoms with Gasteiger partial charge in [-0.25, -0.2) is 0 Å². The number of amidine groups is 2. The zero-order valence-electron chi connectivity index (χ0n) is 15.2. The molecule has 0 radical (unpaired) electrons. The van der Waals surface area contributed by atoms with Crippen molar-refractivity contribution in [2.75, 3.05) is 26.2 Å².